The van der Waals surface area contributed by atoms with Crippen molar-refractivity contribution < 1.29 is 9.18 Å². The van der Waals surface area contributed by atoms with Gasteiger partial charge in [-0.05, 0) is 70.0 Å². The van der Waals surface area contributed by atoms with Gasteiger partial charge < -0.3 is 5.32 Å². The second-order valence-corrected chi connectivity index (χ2v) is 9.57. The number of benzene rings is 1. The van der Waals surface area contributed by atoms with Crippen LogP contribution in [0, 0.1) is 25.6 Å². The number of hydrogen-bond acceptors (Lipinski definition) is 4. The fraction of sp³-hybridized carbons (Fsp3) is 0.500. The number of likely N-dealkylation sites (tertiary alicyclic amines) is 1. The Hall–Kier alpha value is -2.80. The monoisotopic (exact) mass is 449 g/mol. The molecule has 33 heavy (non-hydrogen) atoms. The average molecular weight is 450 g/mol. The van der Waals surface area contributed by atoms with Crippen molar-refractivity contribution >= 4 is 11.6 Å². The minimum atomic E-state index is -0.155. The molecule has 1 aliphatic carbocycles. The second-order valence-electron chi connectivity index (χ2n) is 9.57. The van der Waals surface area contributed by atoms with Gasteiger partial charge in [0.15, 0.2) is 5.65 Å². The summed E-state index contributed by atoms with van der Waals surface area (Å²) in [5.74, 6) is 0.639. The summed E-state index contributed by atoms with van der Waals surface area (Å²) in [4.78, 5) is 19.4. The topological polar surface area (TPSA) is 62.5 Å². The molecule has 1 unspecified atom stereocenters. The van der Waals surface area contributed by atoms with E-state index in [0.717, 1.165) is 59.8 Å². The summed E-state index contributed by atoms with van der Waals surface area (Å²) in [6.45, 7) is 6.39. The minimum absolute atomic E-state index is 0.108. The molecule has 3 aromatic rings. The Morgan fingerprint density at radius 3 is 2.82 bits per heavy atom. The molecule has 1 amide bonds. The van der Waals surface area contributed by atoms with E-state index in [1.54, 1.807) is 6.07 Å². The highest BCUT2D eigenvalue weighted by Crippen LogP contribution is 2.33. The molecule has 1 saturated heterocycles. The summed E-state index contributed by atoms with van der Waals surface area (Å²) in [5.41, 5.74) is 5.63. The molecule has 3 heterocycles. The maximum Gasteiger partial charge on any atom is 0.220 e. The molecule has 6 nitrogen and oxygen atoms in total. The first-order chi connectivity index (χ1) is 16.0. The zero-order valence-electron chi connectivity index (χ0n) is 19.5. The number of amides is 1. The molecule has 1 atom stereocenters. The van der Waals surface area contributed by atoms with Gasteiger partial charge in [-0.1, -0.05) is 18.2 Å². The molecular formula is C26H32FN5O. The molecule has 2 aromatic heterocycles. The Morgan fingerprint density at radius 1 is 1.21 bits per heavy atom. The van der Waals surface area contributed by atoms with Crippen LogP contribution in [0.2, 0.25) is 0 Å². The van der Waals surface area contributed by atoms with E-state index in [1.165, 1.54) is 18.9 Å². The summed E-state index contributed by atoms with van der Waals surface area (Å²) < 4.78 is 16.1. The predicted octanol–water partition coefficient (Wildman–Crippen LogP) is 4.28. The lowest BCUT2D eigenvalue weighted by Crippen LogP contribution is -2.26. The van der Waals surface area contributed by atoms with Crippen molar-refractivity contribution in [3.8, 4) is 0 Å². The number of carbonyl (C=O) groups is 1. The van der Waals surface area contributed by atoms with Gasteiger partial charge in [0, 0.05) is 42.5 Å². The van der Waals surface area contributed by atoms with E-state index >= 15 is 0 Å². The van der Waals surface area contributed by atoms with Crippen molar-refractivity contribution in [1.82, 2.24) is 24.8 Å². The number of hydrogen-bond donors (Lipinski definition) is 1. The van der Waals surface area contributed by atoms with Crippen molar-refractivity contribution in [2.45, 2.75) is 65.0 Å². The number of nitrogens with zero attached hydrogens (tertiary/aromatic N) is 4. The van der Waals surface area contributed by atoms with Crippen LogP contribution in [0.3, 0.4) is 0 Å². The van der Waals surface area contributed by atoms with E-state index in [0.29, 0.717) is 25.3 Å². The second kappa shape index (κ2) is 9.21. The zero-order chi connectivity index (χ0) is 22.9. The number of nitrogens with one attached hydrogen (secondary N) is 1. The third-order valence-corrected chi connectivity index (χ3v) is 7.11. The largest absolute Gasteiger partial charge is 0.356 e. The Kier molecular flexibility index (Phi) is 6.15. The summed E-state index contributed by atoms with van der Waals surface area (Å²) in [6.07, 6.45) is 5.67. The third kappa shape index (κ3) is 4.78. The van der Waals surface area contributed by atoms with E-state index in [1.807, 2.05) is 23.6 Å². The van der Waals surface area contributed by atoms with Gasteiger partial charge in [0.2, 0.25) is 5.91 Å². The van der Waals surface area contributed by atoms with Crippen LogP contribution in [0.15, 0.2) is 30.3 Å². The van der Waals surface area contributed by atoms with Crippen LogP contribution in [0.4, 0.5) is 4.39 Å². The maximum absolute atomic E-state index is 14.2. The molecule has 7 heteroatoms. The molecule has 0 bridgehead atoms. The minimum Gasteiger partial charge on any atom is -0.356 e. The van der Waals surface area contributed by atoms with E-state index in [-0.39, 0.29) is 17.8 Å². The van der Waals surface area contributed by atoms with Crippen molar-refractivity contribution in [2.75, 3.05) is 13.1 Å². The third-order valence-electron chi connectivity index (χ3n) is 7.11. The molecule has 1 N–H and O–H groups in total. The highest BCUT2D eigenvalue weighted by Gasteiger charge is 2.29. The van der Waals surface area contributed by atoms with Gasteiger partial charge in [0.1, 0.15) is 5.82 Å². The van der Waals surface area contributed by atoms with Crippen molar-refractivity contribution in [3.05, 3.63) is 64.4 Å². The number of aromatic nitrogens is 3. The van der Waals surface area contributed by atoms with Crippen molar-refractivity contribution in [3.63, 3.8) is 0 Å². The number of fused-ring (bicyclic) bond motifs is 1. The molecular weight excluding hydrogens is 417 g/mol. The molecule has 5 rings (SSSR count). The normalized spacial score (nSPS) is 18.8. The highest BCUT2D eigenvalue weighted by atomic mass is 19.1. The number of rotatable bonds is 8. The molecule has 1 aliphatic heterocycles. The lowest BCUT2D eigenvalue weighted by Gasteiger charge is -2.23. The molecule has 0 spiro atoms. The van der Waals surface area contributed by atoms with Gasteiger partial charge in [-0.15, -0.1) is 0 Å². The number of halogens is 1. The van der Waals surface area contributed by atoms with Crippen LogP contribution in [-0.4, -0.2) is 38.5 Å². The van der Waals surface area contributed by atoms with Gasteiger partial charge in [-0.3, -0.25) is 9.69 Å². The summed E-state index contributed by atoms with van der Waals surface area (Å²) >= 11 is 0. The van der Waals surface area contributed by atoms with Crippen LogP contribution in [0.1, 0.15) is 66.4 Å². The molecule has 1 aromatic carbocycles. The van der Waals surface area contributed by atoms with Crippen LogP contribution in [0.25, 0.3) is 5.65 Å². The Bertz CT molecular complexity index is 1170. The Labute approximate surface area is 194 Å². The van der Waals surface area contributed by atoms with Gasteiger partial charge in [-0.2, -0.15) is 5.10 Å². The predicted molar refractivity (Wildman–Crippen MR) is 125 cm³/mol. The van der Waals surface area contributed by atoms with Crippen LogP contribution in [-0.2, 0) is 17.8 Å². The summed E-state index contributed by atoms with van der Waals surface area (Å²) in [5, 5.41) is 7.97. The Morgan fingerprint density at radius 2 is 2.03 bits per heavy atom. The number of carbonyl (C=O) groups excluding carboxylic acids is 1. The van der Waals surface area contributed by atoms with Gasteiger partial charge in [0.25, 0.3) is 0 Å². The van der Waals surface area contributed by atoms with E-state index < -0.39 is 0 Å². The first-order valence-corrected chi connectivity index (χ1v) is 12.1. The molecule has 2 aliphatic rings. The van der Waals surface area contributed by atoms with E-state index in [4.69, 9.17) is 10.1 Å². The average Bonchev–Trinajstić information content (AvgIpc) is 3.35. The van der Waals surface area contributed by atoms with Crippen LogP contribution >= 0.6 is 0 Å². The molecule has 0 radical (unpaired) electrons. The fourth-order valence-corrected chi connectivity index (χ4v) is 4.97. The maximum atomic E-state index is 14.2. The summed E-state index contributed by atoms with van der Waals surface area (Å²) in [6, 6.07) is 9.22. The fourth-order valence-electron chi connectivity index (χ4n) is 4.97. The Balaban J connectivity index is 1.33. The zero-order valence-corrected chi connectivity index (χ0v) is 19.5. The van der Waals surface area contributed by atoms with E-state index in [2.05, 4.69) is 23.2 Å². The van der Waals surface area contributed by atoms with Crippen molar-refractivity contribution in [1.29, 1.82) is 0 Å². The lowest BCUT2D eigenvalue weighted by atomic mass is 10.1. The van der Waals surface area contributed by atoms with Gasteiger partial charge >= 0.3 is 0 Å². The lowest BCUT2D eigenvalue weighted by molar-refractivity contribution is -0.121. The van der Waals surface area contributed by atoms with Gasteiger partial charge in [0.05, 0.1) is 11.7 Å². The first-order valence-electron chi connectivity index (χ1n) is 12.1. The first kappa shape index (κ1) is 22.0. The van der Waals surface area contributed by atoms with Crippen molar-refractivity contribution in [2.24, 2.45) is 5.92 Å². The van der Waals surface area contributed by atoms with Crippen LogP contribution < -0.4 is 5.32 Å². The molecule has 174 valence electrons. The number of aryl methyl sites for hydroxylation is 2. The highest BCUT2D eigenvalue weighted by molar-refractivity contribution is 5.76. The van der Waals surface area contributed by atoms with Crippen LogP contribution in [0.5, 0.6) is 0 Å². The molecule has 1 saturated carbocycles. The smallest absolute Gasteiger partial charge is 0.220 e. The SMILES string of the molecule is Cc1nc2cc(C3CCCN3Cc3ccccc3F)nn2c(C)c1CCC(=O)NCC1CC1. The summed E-state index contributed by atoms with van der Waals surface area (Å²) in [7, 11) is 0. The molecule has 2 fully saturated rings. The van der Waals surface area contributed by atoms with E-state index in [9.17, 15) is 9.18 Å². The quantitative estimate of drug-likeness (QED) is 0.558. The standard InChI is InChI=1S/C26H32FN5O/c1-17-21(11-12-26(33)28-15-19-9-10-19)18(2)32-25(29-17)14-23(30-32)24-8-5-13-31(24)16-20-6-3-4-7-22(20)27/h3-4,6-7,14,19,24H,5,8-13,15-16H2,1-2H3,(H,28,33). The van der Waals surface area contributed by atoms with Gasteiger partial charge in [-0.25, -0.2) is 13.9 Å².